The Morgan fingerprint density at radius 1 is 1.50 bits per heavy atom. The van der Waals surface area contributed by atoms with Gasteiger partial charge in [-0.25, -0.2) is 0 Å². The number of amides is 1. The molecule has 4 heteroatoms. The maximum absolute atomic E-state index is 12.1. The van der Waals surface area contributed by atoms with Crippen molar-refractivity contribution < 1.29 is 4.79 Å². The van der Waals surface area contributed by atoms with Crippen LogP contribution in [-0.2, 0) is 6.54 Å². The van der Waals surface area contributed by atoms with E-state index in [-0.39, 0.29) is 5.91 Å². The van der Waals surface area contributed by atoms with Crippen molar-refractivity contribution in [2.24, 2.45) is 11.7 Å². The fourth-order valence-corrected chi connectivity index (χ4v) is 1.75. The monoisotopic (exact) mass is 249 g/mol. The summed E-state index contributed by atoms with van der Waals surface area (Å²) in [5.74, 6) is 0.640. The molecule has 0 aromatic carbocycles. The predicted molar refractivity (Wildman–Crippen MR) is 73.2 cm³/mol. The van der Waals surface area contributed by atoms with Crippen LogP contribution >= 0.6 is 0 Å². The number of hydrogen-bond acceptors (Lipinski definition) is 3. The van der Waals surface area contributed by atoms with Crippen molar-refractivity contribution in [3.05, 3.63) is 29.6 Å². The molecule has 1 heterocycles. The van der Waals surface area contributed by atoms with Crippen LogP contribution < -0.4 is 5.73 Å². The van der Waals surface area contributed by atoms with Crippen LogP contribution in [0.15, 0.2) is 18.3 Å². The molecular weight excluding hydrogens is 226 g/mol. The Kier molecular flexibility index (Phi) is 5.78. The van der Waals surface area contributed by atoms with Gasteiger partial charge in [-0.15, -0.1) is 0 Å². The largest absolute Gasteiger partial charge is 0.340 e. The Morgan fingerprint density at radius 2 is 2.22 bits per heavy atom. The molecule has 0 aliphatic carbocycles. The van der Waals surface area contributed by atoms with E-state index in [1.165, 1.54) is 0 Å². The third-order valence-electron chi connectivity index (χ3n) is 2.90. The lowest BCUT2D eigenvalue weighted by Gasteiger charge is -2.17. The summed E-state index contributed by atoms with van der Waals surface area (Å²) in [6.45, 7) is 5.58. The number of carbonyl (C=O) groups excluding carboxylic acids is 1. The summed E-state index contributed by atoms with van der Waals surface area (Å²) >= 11 is 0. The zero-order valence-corrected chi connectivity index (χ0v) is 11.5. The Morgan fingerprint density at radius 3 is 2.83 bits per heavy atom. The molecule has 0 aliphatic rings. The lowest BCUT2D eigenvalue weighted by Crippen LogP contribution is -2.28. The minimum atomic E-state index is -0.0333. The number of carbonyl (C=O) groups is 1. The van der Waals surface area contributed by atoms with E-state index in [9.17, 15) is 4.79 Å². The summed E-state index contributed by atoms with van der Waals surface area (Å²) in [5, 5.41) is 0. The number of hydrogen-bond donors (Lipinski definition) is 1. The smallest absolute Gasteiger partial charge is 0.272 e. The third kappa shape index (κ3) is 4.45. The molecular formula is C14H23N3O. The van der Waals surface area contributed by atoms with Gasteiger partial charge in [0.2, 0.25) is 0 Å². The molecule has 0 radical (unpaired) electrons. The zero-order chi connectivity index (χ0) is 13.5. The highest BCUT2D eigenvalue weighted by Gasteiger charge is 2.13. The van der Waals surface area contributed by atoms with Crippen molar-refractivity contribution in [3.8, 4) is 0 Å². The highest BCUT2D eigenvalue weighted by molar-refractivity contribution is 5.92. The Balaban J connectivity index is 2.56. The van der Waals surface area contributed by atoms with Gasteiger partial charge in [-0.1, -0.05) is 13.8 Å². The van der Waals surface area contributed by atoms with E-state index in [2.05, 4.69) is 18.8 Å². The summed E-state index contributed by atoms with van der Waals surface area (Å²) in [4.78, 5) is 17.9. The molecule has 0 saturated carbocycles. The highest BCUT2D eigenvalue weighted by Crippen LogP contribution is 2.07. The number of nitrogens with zero attached hydrogens (tertiary/aromatic N) is 2. The first-order valence-electron chi connectivity index (χ1n) is 6.45. The summed E-state index contributed by atoms with van der Waals surface area (Å²) in [7, 11) is 1.82. The van der Waals surface area contributed by atoms with Crippen LogP contribution in [0.3, 0.4) is 0 Å². The second kappa shape index (κ2) is 7.11. The van der Waals surface area contributed by atoms with Crippen molar-refractivity contribution in [3.63, 3.8) is 0 Å². The molecule has 1 aromatic rings. The van der Waals surface area contributed by atoms with Crippen molar-refractivity contribution in [2.75, 3.05) is 13.6 Å². The minimum absolute atomic E-state index is 0.0333. The van der Waals surface area contributed by atoms with Gasteiger partial charge >= 0.3 is 0 Å². The van der Waals surface area contributed by atoms with Crippen molar-refractivity contribution in [2.45, 2.75) is 33.2 Å². The number of rotatable bonds is 6. The molecule has 1 rings (SSSR count). The predicted octanol–water partition coefficient (Wildman–Crippen LogP) is 2.05. The first-order valence-corrected chi connectivity index (χ1v) is 6.45. The summed E-state index contributed by atoms with van der Waals surface area (Å²) in [5.41, 5.74) is 6.97. The summed E-state index contributed by atoms with van der Waals surface area (Å²) < 4.78 is 0. The normalized spacial score (nSPS) is 10.7. The second-order valence-electron chi connectivity index (χ2n) is 5.02. The van der Waals surface area contributed by atoms with Crippen LogP contribution in [0.2, 0.25) is 0 Å². The third-order valence-corrected chi connectivity index (χ3v) is 2.90. The van der Waals surface area contributed by atoms with Crippen LogP contribution in [0.4, 0.5) is 0 Å². The average molecular weight is 249 g/mol. The summed E-state index contributed by atoms with van der Waals surface area (Å²) in [6.07, 6.45) is 3.79. The van der Waals surface area contributed by atoms with Gasteiger partial charge in [-0.05, 0) is 36.5 Å². The van der Waals surface area contributed by atoms with Crippen LogP contribution in [0, 0.1) is 5.92 Å². The molecule has 18 heavy (non-hydrogen) atoms. The minimum Gasteiger partial charge on any atom is -0.340 e. The van der Waals surface area contributed by atoms with Gasteiger partial charge in [0, 0.05) is 26.3 Å². The molecule has 0 aliphatic heterocycles. The molecule has 0 saturated heterocycles. The highest BCUT2D eigenvalue weighted by atomic mass is 16.2. The van der Waals surface area contributed by atoms with E-state index in [1.807, 2.05) is 13.1 Å². The zero-order valence-electron chi connectivity index (χ0n) is 11.5. The fourth-order valence-electron chi connectivity index (χ4n) is 1.75. The van der Waals surface area contributed by atoms with E-state index in [0.29, 0.717) is 18.2 Å². The Bertz CT molecular complexity index is 390. The Labute approximate surface area is 109 Å². The van der Waals surface area contributed by atoms with E-state index in [1.54, 1.807) is 17.2 Å². The average Bonchev–Trinajstić information content (AvgIpc) is 2.37. The van der Waals surface area contributed by atoms with E-state index < -0.39 is 0 Å². The molecule has 0 atom stereocenters. The lowest BCUT2D eigenvalue weighted by atomic mass is 10.1. The molecule has 1 aromatic heterocycles. The van der Waals surface area contributed by atoms with E-state index >= 15 is 0 Å². The molecule has 2 N–H and O–H groups in total. The van der Waals surface area contributed by atoms with Crippen molar-refractivity contribution in [1.82, 2.24) is 9.88 Å². The SMILES string of the molecule is CC(C)CCCN(C)C(=O)c1cc(CN)ccn1. The van der Waals surface area contributed by atoms with Gasteiger partial charge in [-0.3, -0.25) is 9.78 Å². The topological polar surface area (TPSA) is 59.2 Å². The number of aromatic nitrogens is 1. The van der Waals surface area contributed by atoms with Gasteiger partial charge in [0.1, 0.15) is 5.69 Å². The molecule has 0 fully saturated rings. The fraction of sp³-hybridized carbons (Fsp3) is 0.571. The summed E-state index contributed by atoms with van der Waals surface area (Å²) in [6, 6.07) is 3.59. The number of nitrogens with two attached hydrogens (primary N) is 1. The quantitative estimate of drug-likeness (QED) is 0.839. The molecule has 100 valence electrons. The molecule has 0 unspecified atom stereocenters. The first kappa shape index (κ1) is 14.6. The van der Waals surface area contributed by atoms with Crippen LogP contribution in [-0.4, -0.2) is 29.4 Å². The van der Waals surface area contributed by atoms with Gasteiger partial charge in [0.05, 0.1) is 0 Å². The maximum Gasteiger partial charge on any atom is 0.272 e. The number of pyridine rings is 1. The second-order valence-corrected chi connectivity index (χ2v) is 5.02. The van der Waals surface area contributed by atoms with Gasteiger partial charge in [0.25, 0.3) is 5.91 Å². The first-order chi connectivity index (χ1) is 8.54. The van der Waals surface area contributed by atoms with Crippen molar-refractivity contribution in [1.29, 1.82) is 0 Å². The van der Waals surface area contributed by atoms with E-state index in [4.69, 9.17) is 5.73 Å². The molecule has 0 spiro atoms. The van der Waals surface area contributed by atoms with Crippen LogP contribution in [0.1, 0.15) is 42.7 Å². The van der Waals surface area contributed by atoms with E-state index in [0.717, 1.165) is 24.9 Å². The molecule has 4 nitrogen and oxygen atoms in total. The standard InChI is InChI=1S/C14H23N3O/c1-11(2)5-4-8-17(3)14(18)13-9-12(10-15)6-7-16-13/h6-7,9,11H,4-5,8,10,15H2,1-3H3. The molecule has 1 amide bonds. The van der Waals surface area contributed by atoms with Crippen molar-refractivity contribution >= 4 is 5.91 Å². The van der Waals surface area contributed by atoms with Gasteiger partial charge in [-0.2, -0.15) is 0 Å². The Hall–Kier alpha value is -1.42. The van der Waals surface area contributed by atoms with Gasteiger partial charge < -0.3 is 10.6 Å². The molecule has 0 bridgehead atoms. The van der Waals surface area contributed by atoms with Crippen LogP contribution in [0.25, 0.3) is 0 Å². The maximum atomic E-state index is 12.1. The van der Waals surface area contributed by atoms with Crippen LogP contribution in [0.5, 0.6) is 0 Å². The van der Waals surface area contributed by atoms with Gasteiger partial charge in [0.15, 0.2) is 0 Å². The lowest BCUT2D eigenvalue weighted by molar-refractivity contribution is 0.0785.